The number of carbonyl (C=O) groups is 1. The van der Waals surface area contributed by atoms with E-state index < -0.39 is 0 Å². The minimum atomic E-state index is 0.187. The molecule has 128 valence electrons. The zero-order chi connectivity index (χ0) is 16.5. The molecule has 5 nitrogen and oxygen atoms in total. The highest BCUT2D eigenvalue weighted by molar-refractivity contribution is 5.74. The minimum absolute atomic E-state index is 0.187. The molecule has 2 saturated heterocycles. The van der Waals surface area contributed by atoms with Crippen molar-refractivity contribution in [1.29, 1.82) is 0 Å². The fraction of sp³-hybridized carbons (Fsp3) is 0.941. The summed E-state index contributed by atoms with van der Waals surface area (Å²) in [6.45, 7) is 16.1. The van der Waals surface area contributed by atoms with Gasteiger partial charge in [0.1, 0.15) is 0 Å². The second-order valence-corrected chi connectivity index (χ2v) is 7.54. The van der Waals surface area contributed by atoms with E-state index in [0.29, 0.717) is 6.04 Å². The second kappa shape index (κ2) is 6.75. The summed E-state index contributed by atoms with van der Waals surface area (Å²) in [5, 5.41) is 0. The minimum Gasteiger partial charge on any atom is -0.325 e. The average Bonchev–Trinajstić information content (AvgIpc) is 2.85. The second-order valence-electron chi connectivity index (χ2n) is 7.54. The lowest BCUT2D eigenvalue weighted by Gasteiger charge is -2.45. The Labute approximate surface area is 136 Å². The molecule has 0 aliphatic carbocycles. The number of piperidine rings is 1. The van der Waals surface area contributed by atoms with E-state index in [0.717, 1.165) is 45.7 Å². The molecule has 0 aromatic heterocycles. The summed E-state index contributed by atoms with van der Waals surface area (Å²) in [6, 6.07) is 1.05. The van der Waals surface area contributed by atoms with Crippen LogP contribution in [0.15, 0.2) is 0 Å². The monoisotopic (exact) mass is 310 g/mol. The SMILES string of the molecule is CCN1CN(C(C)C)CC12CCN(C(=O)N(C)C(C)C)CC2. The summed E-state index contributed by atoms with van der Waals surface area (Å²) < 4.78 is 0. The lowest BCUT2D eigenvalue weighted by atomic mass is 9.86. The predicted octanol–water partition coefficient (Wildman–Crippen LogP) is 2.28. The van der Waals surface area contributed by atoms with Crippen LogP contribution in [0.2, 0.25) is 0 Å². The highest BCUT2D eigenvalue weighted by atomic mass is 16.2. The van der Waals surface area contributed by atoms with Crippen molar-refractivity contribution in [1.82, 2.24) is 19.6 Å². The molecule has 0 unspecified atom stereocenters. The number of amides is 2. The summed E-state index contributed by atoms with van der Waals surface area (Å²) in [5.41, 5.74) is 0.284. The van der Waals surface area contributed by atoms with Crippen molar-refractivity contribution in [3.8, 4) is 0 Å². The molecular formula is C17H34N4O. The Balaban J connectivity index is 2.00. The van der Waals surface area contributed by atoms with E-state index in [1.807, 2.05) is 16.8 Å². The van der Waals surface area contributed by atoms with Crippen LogP contribution >= 0.6 is 0 Å². The van der Waals surface area contributed by atoms with E-state index in [9.17, 15) is 4.79 Å². The topological polar surface area (TPSA) is 30.0 Å². The first kappa shape index (κ1) is 17.5. The maximum absolute atomic E-state index is 12.5. The molecule has 0 radical (unpaired) electrons. The zero-order valence-corrected chi connectivity index (χ0v) is 15.3. The maximum Gasteiger partial charge on any atom is 0.319 e. The molecule has 0 bridgehead atoms. The number of nitrogens with zero attached hydrogens (tertiary/aromatic N) is 4. The number of rotatable bonds is 3. The summed E-state index contributed by atoms with van der Waals surface area (Å²) in [7, 11) is 1.91. The average molecular weight is 310 g/mol. The molecule has 1 spiro atoms. The largest absolute Gasteiger partial charge is 0.325 e. The van der Waals surface area contributed by atoms with Gasteiger partial charge in [-0.05, 0) is 47.1 Å². The number of urea groups is 1. The maximum atomic E-state index is 12.5. The number of hydrogen-bond acceptors (Lipinski definition) is 3. The van der Waals surface area contributed by atoms with Gasteiger partial charge in [0, 0.05) is 44.3 Å². The van der Waals surface area contributed by atoms with Crippen molar-refractivity contribution >= 4 is 6.03 Å². The van der Waals surface area contributed by atoms with Crippen molar-refractivity contribution in [3.63, 3.8) is 0 Å². The molecular weight excluding hydrogens is 276 g/mol. The smallest absolute Gasteiger partial charge is 0.319 e. The summed E-state index contributed by atoms with van der Waals surface area (Å²) in [4.78, 5) is 21.6. The van der Waals surface area contributed by atoms with Crippen LogP contribution < -0.4 is 0 Å². The molecule has 2 aliphatic rings. The molecule has 2 rings (SSSR count). The third kappa shape index (κ3) is 3.25. The van der Waals surface area contributed by atoms with E-state index in [1.165, 1.54) is 0 Å². The first-order valence-corrected chi connectivity index (χ1v) is 8.81. The van der Waals surface area contributed by atoms with Crippen LogP contribution in [0.4, 0.5) is 4.79 Å². The molecule has 0 aromatic rings. The van der Waals surface area contributed by atoms with Gasteiger partial charge in [0.15, 0.2) is 0 Å². The van der Waals surface area contributed by atoms with Crippen LogP contribution in [0.25, 0.3) is 0 Å². The van der Waals surface area contributed by atoms with E-state index in [4.69, 9.17) is 0 Å². The van der Waals surface area contributed by atoms with Crippen molar-refractivity contribution < 1.29 is 4.79 Å². The van der Waals surface area contributed by atoms with Crippen molar-refractivity contribution in [2.24, 2.45) is 0 Å². The molecule has 0 atom stereocenters. The van der Waals surface area contributed by atoms with Gasteiger partial charge in [-0.2, -0.15) is 0 Å². The predicted molar refractivity (Wildman–Crippen MR) is 90.9 cm³/mol. The third-order valence-electron chi connectivity index (χ3n) is 5.67. The molecule has 2 amide bonds. The van der Waals surface area contributed by atoms with Crippen LogP contribution in [0.3, 0.4) is 0 Å². The van der Waals surface area contributed by atoms with Crippen molar-refractivity contribution in [3.05, 3.63) is 0 Å². The van der Waals surface area contributed by atoms with Crippen LogP contribution in [-0.4, -0.2) is 83.1 Å². The number of carbonyl (C=O) groups excluding carboxylic acids is 1. The third-order valence-corrected chi connectivity index (χ3v) is 5.67. The fourth-order valence-corrected chi connectivity index (χ4v) is 3.71. The van der Waals surface area contributed by atoms with Gasteiger partial charge in [-0.15, -0.1) is 0 Å². The summed E-state index contributed by atoms with van der Waals surface area (Å²) in [5.74, 6) is 0. The van der Waals surface area contributed by atoms with E-state index in [1.54, 1.807) is 0 Å². The molecule has 0 aromatic carbocycles. The molecule has 0 N–H and O–H groups in total. The van der Waals surface area contributed by atoms with Gasteiger partial charge < -0.3 is 9.80 Å². The van der Waals surface area contributed by atoms with Crippen molar-refractivity contribution in [2.75, 3.05) is 39.9 Å². The van der Waals surface area contributed by atoms with Crippen LogP contribution in [0.1, 0.15) is 47.5 Å². The molecule has 2 heterocycles. The summed E-state index contributed by atoms with van der Waals surface area (Å²) >= 11 is 0. The van der Waals surface area contributed by atoms with Gasteiger partial charge in [-0.3, -0.25) is 9.80 Å². The van der Waals surface area contributed by atoms with E-state index >= 15 is 0 Å². The summed E-state index contributed by atoms with van der Waals surface area (Å²) in [6.07, 6.45) is 2.20. The van der Waals surface area contributed by atoms with Gasteiger partial charge in [0.05, 0.1) is 6.67 Å². The Morgan fingerprint density at radius 3 is 2.23 bits per heavy atom. The standard InChI is InChI=1S/C17H34N4O/c1-7-21-13-20(15(4)5)12-17(21)8-10-19(11-9-17)16(22)18(6)14(2)3/h14-15H,7-13H2,1-6H3. The number of likely N-dealkylation sites (tertiary alicyclic amines) is 1. The Morgan fingerprint density at radius 1 is 1.18 bits per heavy atom. The van der Waals surface area contributed by atoms with Gasteiger partial charge in [0.2, 0.25) is 0 Å². The van der Waals surface area contributed by atoms with Crippen molar-refractivity contribution in [2.45, 2.75) is 65.1 Å². The number of hydrogen-bond donors (Lipinski definition) is 0. The normalized spacial score (nSPS) is 23.0. The highest BCUT2D eigenvalue weighted by Crippen LogP contribution is 2.35. The number of likely N-dealkylation sites (N-methyl/N-ethyl adjacent to an activating group) is 1. The lowest BCUT2D eigenvalue weighted by molar-refractivity contribution is 0.0661. The van der Waals surface area contributed by atoms with E-state index in [2.05, 4.69) is 44.4 Å². The molecule has 5 heteroatoms. The van der Waals surface area contributed by atoms with Gasteiger partial charge in [-0.1, -0.05) is 6.92 Å². The van der Waals surface area contributed by atoms with E-state index in [-0.39, 0.29) is 17.6 Å². The zero-order valence-electron chi connectivity index (χ0n) is 15.3. The lowest BCUT2D eigenvalue weighted by Crippen LogP contribution is -2.56. The van der Waals surface area contributed by atoms with Crippen LogP contribution in [0, 0.1) is 0 Å². The van der Waals surface area contributed by atoms with Gasteiger partial charge in [-0.25, -0.2) is 4.79 Å². The quantitative estimate of drug-likeness (QED) is 0.801. The molecule has 2 aliphatic heterocycles. The fourth-order valence-electron chi connectivity index (χ4n) is 3.71. The van der Waals surface area contributed by atoms with Crippen LogP contribution in [0.5, 0.6) is 0 Å². The Bertz CT molecular complexity index is 388. The first-order valence-electron chi connectivity index (χ1n) is 8.81. The Hall–Kier alpha value is -0.810. The molecule has 0 saturated carbocycles. The molecule has 2 fully saturated rings. The first-order chi connectivity index (χ1) is 10.3. The highest BCUT2D eigenvalue weighted by Gasteiger charge is 2.46. The Morgan fingerprint density at radius 2 is 1.77 bits per heavy atom. The Kier molecular flexibility index (Phi) is 5.38. The van der Waals surface area contributed by atoms with Crippen LogP contribution in [-0.2, 0) is 0 Å². The molecule has 22 heavy (non-hydrogen) atoms. The van der Waals surface area contributed by atoms with Gasteiger partial charge in [0.25, 0.3) is 0 Å². The van der Waals surface area contributed by atoms with Gasteiger partial charge >= 0.3 is 6.03 Å².